The maximum absolute atomic E-state index is 6.31. The molecule has 0 aliphatic carbocycles. The lowest BCUT2D eigenvalue weighted by molar-refractivity contribution is 0.00578. The lowest BCUT2D eigenvalue weighted by Gasteiger charge is -2.32. The predicted octanol–water partition coefficient (Wildman–Crippen LogP) is 6.99. The third-order valence-electron chi connectivity index (χ3n) is 6.95. The van der Waals surface area contributed by atoms with Crippen molar-refractivity contribution in [1.29, 1.82) is 0 Å². The Kier molecular flexibility index (Phi) is 5.48. The molecular weight excluding hydrogens is 403 g/mol. The van der Waals surface area contributed by atoms with Gasteiger partial charge in [0, 0.05) is 0 Å². The first-order chi connectivity index (χ1) is 15.9. The van der Waals surface area contributed by atoms with E-state index < -0.39 is 0 Å². The van der Waals surface area contributed by atoms with Crippen molar-refractivity contribution in [3.63, 3.8) is 0 Å². The zero-order valence-electron chi connectivity index (χ0n) is 19.7. The van der Waals surface area contributed by atoms with Gasteiger partial charge in [-0.3, -0.25) is 0 Å². The highest BCUT2D eigenvalue weighted by Gasteiger charge is 2.51. The molecule has 4 aromatic carbocycles. The Bertz CT molecular complexity index is 1260. The van der Waals surface area contributed by atoms with Crippen LogP contribution in [0, 0.1) is 0 Å². The van der Waals surface area contributed by atoms with Crippen LogP contribution in [-0.4, -0.2) is 18.3 Å². The Hall–Kier alpha value is -3.14. The molecule has 0 amide bonds. The second-order valence-electron chi connectivity index (χ2n) is 9.67. The highest BCUT2D eigenvalue weighted by atomic mass is 16.7. The summed E-state index contributed by atoms with van der Waals surface area (Å²) < 4.78 is 12.6. The lowest BCUT2D eigenvalue weighted by Crippen LogP contribution is -2.41. The number of hydrogen-bond donors (Lipinski definition) is 0. The van der Waals surface area contributed by atoms with Gasteiger partial charge in [0.2, 0.25) is 0 Å². The van der Waals surface area contributed by atoms with E-state index in [1.54, 1.807) is 0 Å². The van der Waals surface area contributed by atoms with Gasteiger partial charge in [0.05, 0.1) is 11.2 Å². The van der Waals surface area contributed by atoms with Gasteiger partial charge in [-0.1, -0.05) is 103 Å². The third-order valence-corrected chi connectivity index (χ3v) is 6.95. The molecule has 0 spiro atoms. The summed E-state index contributed by atoms with van der Waals surface area (Å²) in [5.41, 5.74) is 7.54. The molecule has 0 bridgehead atoms. The van der Waals surface area contributed by atoms with Crippen LogP contribution in [0.15, 0.2) is 103 Å². The summed E-state index contributed by atoms with van der Waals surface area (Å²) in [5, 5.41) is 0. The van der Waals surface area contributed by atoms with Crippen LogP contribution in [-0.2, 0) is 9.31 Å². The molecule has 1 saturated heterocycles. The quantitative estimate of drug-likeness (QED) is 0.324. The normalized spacial score (nSPS) is 16.7. The summed E-state index contributed by atoms with van der Waals surface area (Å²) in [6.45, 7) is 8.36. The largest absolute Gasteiger partial charge is 0.494 e. The monoisotopic (exact) mass is 432 g/mol. The smallest absolute Gasteiger partial charge is 0.399 e. The average Bonchev–Trinajstić information content (AvgIpc) is 3.06. The molecule has 2 nitrogen and oxygen atoms in total. The second-order valence-corrected chi connectivity index (χ2v) is 9.67. The van der Waals surface area contributed by atoms with Gasteiger partial charge < -0.3 is 9.31 Å². The van der Waals surface area contributed by atoms with Gasteiger partial charge in [-0.25, -0.2) is 0 Å². The zero-order valence-corrected chi connectivity index (χ0v) is 19.7. The molecule has 0 N–H and O–H groups in total. The molecular formula is C30H29BO2. The first-order valence-electron chi connectivity index (χ1n) is 11.6. The summed E-state index contributed by atoms with van der Waals surface area (Å²) in [5.74, 6) is 0. The summed E-state index contributed by atoms with van der Waals surface area (Å²) in [4.78, 5) is 0. The molecule has 4 aromatic rings. The predicted molar refractivity (Wildman–Crippen MR) is 138 cm³/mol. The van der Waals surface area contributed by atoms with Crippen molar-refractivity contribution in [2.75, 3.05) is 0 Å². The van der Waals surface area contributed by atoms with Crippen LogP contribution in [0.4, 0.5) is 0 Å². The van der Waals surface area contributed by atoms with Crippen LogP contribution in [0.5, 0.6) is 0 Å². The SMILES string of the molecule is CC1(C)OB(c2cccc(-c3ccccc3-c3ccccc3-c3ccccc3)c2)OC1(C)C. The van der Waals surface area contributed by atoms with Gasteiger partial charge >= 0.3 is 7.12 Å². The molecule has 33 heavy (non-hydrogen) atoms. The average molecular weight is 432 g/mol. The molecule has 5 rings (SSSR count). The van der Waals surface area contributed by atoms with Crippen LogP contribution in [0.25, 0.3) is 33.4 Å². The number of rotatable bonds is 4. The molecule has 1 aliphatic rings. The zero-order chi connectivity index (χ0) is 23.1. The minimum atomic E-state index is -0.376. The molecule has 164 valence electrons. The second kappa shape index (κ2) is 8.33. The van der Waals surface area contributed by atoms with E-state index in [1.807, 2.05) is 0 Å². The Morgan fingerprint density at radius 3 is 1.52 bits per heavy atom. The van der Waals surface area contributed by atoms with Crippen molar-refractivity contribution in [2.45, 2.75) is 38.9 Å². The van der Waals surface area contributed by atoms with Crippen LogP contribution in [0.1, 0.15) is 27.7 Å². The van der Waals surface area contributed by atoms with E-state index in [9.17, 15) is 0 Å². The summed E-state index contributed by atoms with van der Waals surface area (Å²) in [6.07, 6.45) is 0. The first-order valence-corrected chi connectivity index (χ1v) is 11.6. The highest BCUT2D eigenvalue weighted by molar-refractivity contribution is 6.62. The molecule has 3 heteroatoms. The molecule has 0 saturated carbocycles. The van der Waals surface area contributed by atoms with Crippen LogP contribution < -0.4 is 5.46 Å². The number of benzene rings is 4. The molecule has 0 unspecified atom stereocenters. The molecule has 1 heterocycles. The van der Waals surface area contributed by atoms with E-state index in [-0.39, 0.29) is 18.3 Å². The molecule has 1 aliphatic heterocycles. The minimum absolute atomic E-state index is 0.361. The van der Waals surface area contributed by atoms with Gasteiger partial charge in [0.25, 0.3) is 0 Å². The third kappa shape index (κ3) is 4.03. The summed E-state index contributed by atoms with van der Waals surface area (Å²) in [6, 6.07) is 36.4. The van der Waals surface area contributed by atoms with Gasteiger partial charge in [-0.2, -0.15) is 0 Å². The van der Waals surface area contributed by atoms with Gasteiger partial charge in [0.1, 0.15) is 0 Å². The summed E-state index contributed by atoms with van der Waals surface area (Å²) >= 11 is 0. The van der Waals surface area contributed by atoms with Crippen molar-refractivity contribution >= 4 is 12.6 Å². The van der Waals surface area contributed by atoms with Crippen molar-refractivity contribution < 1.29 is 9.31 Å². The van der Waals surface area contributed by atoms with E-state index >= 15 is 0 Å². The van der Waals surface area contributed by atoms with Crippen molar-refractivity contribution in [3.8, 4) is 33.4 Å². The van der Waals surface area contributed by atoms with E-state index in [0.29, 0.717) is 0 Å². The van der Waals surface area contributed by atoms with Crippen molar-refractivity contribution in [2.24, 2.45) is 0 Å². The number of hydrogen-bond acceptors (Lipinski definition) is 2. The maximum Gasteiger partial charge on any atom is 0.494 e. The maximum atomic E-state index is 6.31. The van der Waals surface area contributed by atoms with E-state index in [1.165, 1.54) is 27.8 Å². The minimum Gasteiger partial charge on any atom is -0.399 e. The highest BCUT2D eigenvalue weighted by Crippen LogP contribution is 2.39. The summed E-state index contributed by atoms with van der Waals surface area (Å²) in [7, 11) is -0.376. The van der Waals surface area contributed by atoms with Crippen LogP contribution in [0.2, 0.25) is 0 Å². The fourth-order valence-corrected chi connectivity index (χ4v) is 4.39. The standard InChI is InChI=1S/C30H29BO2/c1-29(2)30(3,4)33-31(32-29)24-16-12-15-23(21-24)26-18-9-11-20-28(26)27-19-10-8-17-25(27)22-13-6-5-7-14-22/h5-21H,1-4H3. The fourth-order valence-electron chi connectivity index (χ4n) is 4.39. The topological polar surface area (TPSA) is 18.5 Å². The van der Waals surface area contributed by atoms with Crippen molar-refractivity contribution in [3.05, 3.63) is 103 Å². The fraction of sp³-hybridized carbons (Fsp3) is 0.200. The lowest BCUT2D eigenvalue weighted by atomic mass is 9.77. The Morgan fingerprint density at radius 2 is 0.939 bits per heavy atom. The van der Waals surface area contributed by atoms with E-state index in [0.717, 1.165) is 11.0 Å². The first kappa shape index (κ1) is 21.7. The van der Waals surface area contributed by atoms with Gasteiger partial charge in [-0.05, 0) is 66.5 Å². The molecule has 0 atom stereocenters. The van der Waals surface area contributed by atoms with E-state index in [2.05, 4.69) is 131 Å². The molecule has 0 radical (unpaired) electrons. The van der Waals surface area contributed by atoms with Gasteiger partial charge in [0.15, 0.2) is 0 Å². The van der Waals surface area contributed by atoms with Gasteiger partial charge in [-0.15, -0.1) is 0 Å². The Labute approximate surface area is 197 Å². The Morgan fingerprint density at radius 1 is 0.485 bits per heavy atom. The Balaban J connectivity index is 1.58. The van der Waals surface area contributed by atoms with Crippen LogP contribution in [0.3, 0.4) is 0 Å². The molecule has 1 fully saturated rings. The van der Waals surface area contributed by atoms with Crippen molar-refractivity contribution in [1.82, 2.24) is 0 Å². The molecule has 0 aromatic heterocycles. The van der Waals surface area contributed by atoms with E-state index in [4.69, 9.17) is 9.31 Å². The van der Waals surface area contributed by atoms with Crippen LogP contribution >= 0.6 is 0 Å².